The van der Waals surface area contributed by atoms with Crippen LogP contribution in [0.15, 0.2) is 6.07 Å². The molecule has 0 bridgehead atoms. The van der Waals surface area contributed by atoms with E-state index < -0.39 is 0 Å². The molecule has 2 aliphatic heterocycles. The van der Waals surface area contributed by atoms with Gasteiger partial charge >= 0.3 is 0 Å². The van der Waals surface area contributed by atoms with Gasteiger partial charge in [0.15, 0.2) is 0 Å². The van der Waals surface area contributed by atoms with Gasteiger partial charge in [-0.1, -0.05) is 0 Å². The first-order valence-electron chi connectivity index (χ1n) is 10.7. The van der Waals surface area contributed by atoms with Crippen molar-refractivity contribution in [1.29, 1.82) is 0 Å². The van der Waals surface area contributed by atoms with Gasteiger partial charge in [0.2, 0.25) is 11.8 Å². The summed E-state index contributed by atoms with van der Waals surface area (Å²) in [5.41, 5.74) is 1.01. The van der Waals surface area contributed by atoms with E-state index in [4.69, 9.17) is 4.98 Å². The maximum absolute atomic E-state index is 12.5. The maximum Gasteiger partial charge on any atom is 0.222 e. The SMILES string of the molecule is CNc1cc(CN(C)C)nc(C2CCN(C(=O)CCCN3CCCC3=O)CC2)n1. The summed E-state index contributed by atoms with van der Waals surface area (Å²) in [5, 5.41) is 3.13. The number of anilines is 1. The average molecular weight is 403 g/mol. The topological polar surface area (TPSA) is 81.7 Å². The molecule has 2 aliphatic rings. The quantitative estimate of drug-likeness (QED) is 0.713. The van der Waals surface area contributed by atoms with Crippen molar-refractivity contribution in [2.24, 2.45) is 0 Å². The molecule has 2 saturated heterocycles. The van der Waals surface area contributed by atoms with Gasteiger partial charge in [0, 0.05) is 64.6 Å². The third-order valence-electron chi connectivity index (χ3n) is 5.73. The Kier molecular flexibility index (Phi) is 7.41. The van der Waals surface area contributed by atoms with Gasteiger partial charge in [-0.2, -0.15) is 0 Å². The summed E-state index contributed by atoms with van der Waals surface area (Å²) < 4.78 is 0. The van der Waals surface area contributed by atoms with Crippen molar-refractivity contribution in [2.45, 2.75) is 51.0 Å². The van der Waals surface area contributed by atoms with Crippen LogP contribution in [0.25, 0.3) is 0 Å². The van der Waals surface area contributed by atoms with Gasteiger partial charge in [0.25, 0.3) is 0 Å². The molecule has 0 spiro atoms. The van der Waals surface area contributed by atoms with Crippen molar-refractivity contribution in [2.75, 3.05) is 52.6 Å². The Labute approximate surface area is 173 Å². The summed E-state index contributed by atoms with van der Waals surface area (Å²) in [5.74, 6) is 2.45. The number of hydrogen-bond acceptors (Lipinski definition) is 6. The Balaban J connectivity index is 1.49. The second-order valence-corrected chi connectivity index (χ2v) is 8.33. The highest BCUT2D eigenvalue weighted by Gasteiger charge is 2.26. The van der Waals surface area contributed by atoms with Crippen LogP contribution in [0.5, 0.6) is 0 Å². The molecule has 1 aromatic heterocycles. The number of nitrogens with one attached hydrogen (secondary N) is 1. The molecule has 2 amide bonds. The van der Waals surface area contributed by atoms with Crippen LogP contribution >= 0.6 is 0 Å². The van der Waals surface area contributed by atoms with E-state index in [1.54, 1.807) is 0 Å². The minimum absolute atomic E-state index is 0.202. The lowest BCUT2D eigenvalue weighted by Gasteiger charge is -2.32. The second kappa shape index (κ2) is 10.0. The number of amides is 2. The average Bonchev–Trinajstić information content (AvgIpc) is 3.12. The lowest BCUT2D eigenvalue weighted by Crippen LogP contribution is -2.38. The van der Waals surface area contributed by atoms with Gasteiger partial charge in [-0.25, -0.2) is 9.97 Å². The van der Waals surface area contributed by atoms with Crippen LogP contribution in [0, 0.1) is 0 Å². The third-order valence-corrected chi connectivity index (χ3v) is 5.73. The first-order valence-corrected chi connectivity index (χ1v) is 10.7. The largest absolute Gasteiger partial charge is 0.373 e. The fourth-order valence-corrected chi connectivity index (χ4v) is 4.14. The van der Waals surface area contributed by atoms with E-state index in [9.17, 15) is 9.59 Å². The van der Waals surface area contributed by atoms with Crippen LogP contribution in [0.4, 0.5) is 5.82 Å². The Morgan fingerprint density at radius 3 is 2.62 bits per heavy atom. The molecular formula is C21H34N6O2. The van der Waals surface area contributed by atoms with Crippen molar-refractivity contribution in [1.82, 2.24) is 24.7 Å². The monoisotopic (exact) mass is 402 g/mol. The fourth-order valence-electron chi connectivity index (χ4n) is 4.14. The molecule has 2 fully saturated rings. The molecule has 0 atom stereocenters. The Morgan fingerprint density at radius 1 is 1.24 bits per heavy atom. The van der Waals surface area contributed by atoms with Gasteiger partial charge in [0.05, 0.1) is 5.69 Å². The summed E-state index contributed by atoms with van der Waals surface area (Å²) in [6.07, 6.45) is 4.68. The number of nitrogens with zero attached hydrogens (tertiary/aromatic N) is 5. The van der Waals surface area contributed by atoms with Gasteiger partial charge in [-0.05, 0) is 39.8 Å². The lowest BCUT2D eigenvalue weighted by atomic mass is 9.95. The van der Waals surface area contributed by atoms with Crippen LogP contribution in [0.2, 0.25) is 0 Å². The van der Waals surface area contributed by atoms with Crippen molar-refractivity contribution in [3.8, 4) is 0 Å². The van der Waals surface area contributed by atoms with Crippen molar-refractivity contribution >= 4 is 17.6 Å². The molecule has 3 heterocycles. The normalized spacial score (nSPS) is 18.0. The number of likely N-dealkylation sites (tertiary alicyclic amines) is 2. The minimum Gasteiger partial charge on any atom is -0.373 e. The summed E-state index contributed by atoms with van der Waals surface area (Å²) in [6, 6.07) is 1.99. The van der Waals surface area contributed by atoms with E-state index in [2.05, 4.69) is 15.2 Å². The van der Waals surface area contributed by atoms with E-state index in [1.165, 1.54) is 0 Å². The summed E-state index contributed by atoms with van der Waals surface area (Å²) in [4.78, 5) is 39.6. The van der Waals surface area contributed by atoms with Crippen LogP contribution in [0.3, 0.4) is 0 Å². The van der Waals surface area contributed by atoms with E-state index in [0.29, 0.717) is 19.4 Å². The number of aromatic nitrogens is 2. The second-order valence-electron chi connectivity index (χ2n) is 8.33. The molecule has 0 unspecified atom stereocenters. The zero-order chi connectivity index (χ0) is 20.8. The molecule has 0 radical (unpaired) electrons. The molecule has 1 aromatic rings. The molecule has 8 heteroatoms. The van der Waals surface area contributed by atoms with E-state index in [-0.39, 0.29) is 17.7 Å². The number of piperidine rings is 1. The molecule has 0 aromatic carbocycles. The highest BCUT2D eigenvalue weighted by Crippen LogP contribution is 2.27. The maximum atomic E-state index is 12.5. The fraction of sp³-hybridized carbons (Fsp3) is 0.714. The molecule has 3 rings (SSSR count). The van der Waals surface area contributed by atoms with Gasteiger partial charge < -0.3 is 20.0 Å². The third kappa shape index (κ3) is 5.88. The van der Waals surface area contributed by atoms with E-state index in [0.717, 1.165) is 69.2 Å². The highest BCUT2D eigenvalue weighted by molar-refractivity contribution is 5.78. The molecule has 29 heavy (non-hydrogen) atoms. The summed E-state index contributed by atoms with van der Waals surface area (Å²) in [6.45, 7) is 3.84. The highest BCUT2D eigenvalue weighted by atomic mass is 16.2. The van der Waals surface area contributed by atoms with Gasteiger partial charge in [-0.15, -0.1) is 0 Å². The Morgan fingerprint density at radius 2 is 2.00 bits per heavy atom. The lowest BCUT2D eigenvalue weighted by molar-refractivity contribution is -0.133. The van der Waals surface area contributed by atoms with Crippen molar-refractivity contribution in [3.63, 3.8) is 0 Å². The van der Waals surface area contributed by atoms with Crippen LogP contribution in [-0.2, 0) is 16.1 Å². The first kappa shape index (κ1) is 21.5. The number of carbonyl (C=O) groups is 2. The van der Waals surface area contributed by atoms with Gasteiger partial charge in [0.1, 0.15) is 11.6 Å². The molecule has 1 N–H and O–H groups in total. The van der Waals surface area contributed by atoms with Gasteiger partial charge in [-0.3, -0.25) is 9.59 Å². The smallest absolute Gasteiger partial charge is 0.222 e. The zero-order valence-electron chi connectivity index (χ0n) is 18.0. The van der Waals surface area contributed by atoms with Crippen molar-refractivity contribution in [3.05, 3.63) is 17.6 Å². The van der Waals surface area contributed by atoms with Crippen LogP contribution in [0.1, 0.15) is 56.0 Å². The predicted molar refractivity (Wildman–Crippen MR) is 113 cm³/mol. The molecule has 8 nitrogen and oxygen atoms in total. The standard InChI is InChI=1S/C21H34N6O2/c1-22-18-14-17(15-25(2)3)23-21(24-18)16-8-12-27(13-9-16)20(29)7-5-11-26-10-4-6-19(26)28/h14,16H,4-13,15H2,1-3H3,(H,22,23,24). The summed E-state index contributed by atoms with van der Waals surface area (Å²) in [7, 11) is 5.94. The van der Waals surface area contributed by atoms with E-state index in [1.807, 2.05) is 37.0 Å². The molecular weight excluding hydrogens is 368 g/mol. The zero-order valence-corrected chi connectivity index (χ0v) is 18.0. The van der Waals surface area contributed by atoms with E-state index >= 15 is 0 Å². The molecule has 160 valence electrons. The number of hydrogen-bond donors (Lipinski definition) is 1. The Hall–Kier alpha value is -2.22. The van der Waals surface area contributed by atoms with Crippen LogP contribution < -0.4 is 5.32 Å². The Bertz CT molecular complexity index is 715. The molecule has 0 aliphatic carbocycles. The van der Waals surface area contributed by atoms with Crippen molar-refractivity contribution < 1.29 is 9.59 Å². The summed E-state index contributed by atoms with van der Waals surface area (Å²) >= 11 is 0. The molecule has 0 saturated carbocycles. The minimum atomic E-state index is 0.202. The predicted octanol–water partition coefficient (Wildman–Crippen LogP) is 1.69. The number of carbonyl (C=O) groups excluding carboxylic acids is 2. The first-order chi connectivity index (χ1) is 14.0. The number of rotatable bonds is 8. The van der Waals surface area contributed by atoms with Crippen LogP contribution in [-0.4, -0.2) is 83.8 Å².